The molecule has 0 saturated carbocycles. The Hall–Kier alpha value is -4.22. The highest BCUT2D eigenvalue weighted by molar-refractivity contribution is 5.83. The number of halogens is 3. The third-order valence-corrected chi connectivity index (χ3v) is 3.92. The summed E-state index contributed by atoms with van der Waals surface area (Å²) in [4.78, 5) is 22.6. The van der Waals surface area contributed by atoms with Gasteiger partial charge in [0, 0.05) is 24.1 Å². The SMILES string of the molecule is O=C(O)Nc1cc(Nc2nc(-c3cccc(C(F)(F)F)n3)nn3cccc23)ccn1. The van der Waals surface area contributed by atoms with Crippen LogP contribution in [0, 0.1) is 0 Å². The molecule has 1 amide bonds. The Labute approximate surface area is 166 Å². The molecule has 0 aromatic carbocycles. The summed E-state index contributed by atoms with van der Waals surface area (Å²) in [5.41, 5.74) is -0.0931. The van der Waals surface area contributed by atoms with Crippen molar-refractivity contribution in [3.63, 3.8) is 0 Å². The molecular formula is C18H12F3N7O2. The molecular weight excluding hydrogens is 403 g/mol. The number of pyridine rings is 2. The molecule has 0 radical (unpaired) electrons. The number of aromatic nitrogens is 5. The van der Waals surface area contributed by atoms with Gasteiger partial charge in [-0.2, -0.15) is 13.2 Å². The van der Waals surface area contributed by atoms with E-state index in [2.05, 4.69) is 30.7 Å². The van der Waals surface area contributed by atoms with Gasteiger partial charge in [0.05, 0.1) is 0 Å². The minimum Gasteiger partial charge on any atom is -0.465 e. The zero-order chi connectivity index (χ0) is 21.3. The molecule has 4 rings (SSSR count). The fourth-order valence-electron chi connectivity index (χ4n) is 2.68. The summed E-state index contributed by atoms with van der Waals surface area (Å²) in [5, 5.41) is 18.2. The minimum atomic E-state index is -4.60. The van der Waals surface area contributed by atoms with Gasteiger partial charge in [-0.15, -0.1) is 5.10 Å². The van der Waals surface area contributed by atoms with Crippen LogP contribution < -0.4 is 10.6 Å². The van der Waals surface area contributed by atoms with Gasteiger partial charge in [0.25, 0.3) is 0 Å². The average molecular weight is 415 g/mol. The van der Waals surface area contributed by atoms with Gasteiger partial charge in [-0.3, -0.25) is 5.32 Å². The van der Waals surface area contributed by atoms with E-state index in [4.69, 9.17) is 5.11 Å². The van der Waals surface area contributed by atoms with Crippen LogP contribution in [0.5, 0.6) is 0 Å². The second kappa shape index (κ2) is 7.31. The number of hydrogen-bond acceptors (Lipinski definition) is 6. The van der Waals surface area contributed by atoms with E-state index in [1.807, 2.05) is 0 Å². The van der Waals surface area contributed by atoms with E-state index in [9.17, 15) is 18.0 Å². The lowest BCUT2D eigenvalue weighted by molar-refractivity contribution is -0.141. The molecule has 0 fully saturated rings. The van der Waals surface area contributed by atoms with Crippen LogP contribution in [-0.2, 0) is 6.18 Å². The van der Waals surface area contributed by atoms with Crippen LogP contribution in [0.25, 0.3) is 17.0 Å². The van der Waals surface area contributed by atoms with Gasteiger partial charge < -0.3 is 10.4 Å². The van der Waals surface area contributed by atoms with Crippen molar-refractivity contribution in [1.82, 2.24) is 24.6 Å². The van der Waals surface area contributed by atoms with Crippen LogP contribution in [0.3, 0.4) is 0 Å². The number of nitrogens with one attached hydrogen (secondary N) is 2. The lowest BCUT2D eigenvalue weighted by Crippen LogP contribution is -2.10. The standard InChI is InChI=1S/C18H12F3N7O2/c19-18(20,21)13-5-1-3-11(24-13)15-26-16(12-4-2-8-28(12)27-15)23-10-6-7-22-14(9-10)25-17(29)30/h1-9H,(H,29,30)(H2,22,23,25,26,27). The maximum absolute atomic E-state index is 13.0. The first kappa shape index (κ1) is 19.1. The molecule has 0 spiro atoms. The molecule has 0 aliphatic heterocycles. The number of anilines is 3. The molecule has 0 saturated heterocycles. The summed E-state index contributed by atoms with van der Waals surface area (Å²) < 4.78 is 40.5. The molecule has 152 valence electrons. The molecule has 0 atom stereocenters. The van der Waals surface area contributed by atoms with E-state index in [0.717, 1.165) is 6.07 Å². The zero-order valence-electron chi connectivity index (χ0n) is 14.9. The van der Waals surface area contributed by atoms with E-state index in [1.54, 1.807) is 24.4 Å². The van der Waals surface area contributed by atoms with Crippen molar-refractivity contribution in [2.24, 2.45) is 0 Å². The fraction of sp³-hybridized carbons (Fsp3) is 0.0556. The molecule has 0 aliphatic rings. The van der Waals surface area contributed by atoms with E-state index in [-0.39, 0.29) is 23.2 Å². The number of amides is 1. The van der Waals surface area contributed by atoms with Gasteiger partial charge in [0.15, 0.2) is 5.82 Å². The van der Waals surface area contributed by atoms with Gasteiger partial charge in [0.2, 0.25) is 5.82 Å². The Kier molecular flexibility index (Phi) is 4.66. The summed E-state index contributed by atoms with van der Waals surface area (Å²) in [7, 11) is 0. The van der Waals surface area contributed by atoms with E-state index < -0.39 is 18.0 Å². The van der Waals surface area contributed by atoms with Crippen LogP contribution >= 0.6 is 0 Å². The number of fused-ring (bicyclic) bond motifs is 1. The number of carboxylic acid groups (broad SMARTS) is 1. The summed E-state index contributed by atoms with van der Waals surface area (Å²) >= 11 is 0. The molecule has 0 bridgehead atoms. The Morgan fingerprint density at radius 2 is 1.93 bits per heavy atom. The van der Waals surface area contributed by atoms with Crippen molar-refractivity contribution in [3.8, 4) is 11.5 Å². The monoisotopic (exact) mass is 415 g/mol. The van der Waals surface area contributed by atoms with Crippen molar-refractivity contribution in [2.45, 2.75) is 6.18 Å². The quantitative estimate of drug-likeness (QED) is 0.460. The van der Waals surface area contributed by atoms with Crippen molar-refractivity contribution < 1.29 is 23.1 Å². The van der Waals surface area contributed by atoms with Crippen LogP contribution in [0.2, 0.25) is 0 Å². The molecule has 0 aliphatic carbocycles. The third-order valence-electron chi connectivity index (χ3n) is 3.92. The predicted octanol–water partition coefficient (Wildman–Crippen LogP) is 4.04. The zero-order valence-corrected chi connectivity index (χ0v) is 14.9. The first-order chi connectivity index (χ1) is 14.3. The number of carbonyl (C=O) groups is 1. The van der Waals surface area contributed by atoms with Crippen molar-refractivity contribution in [1.29, 1.82) is 0 Å². The van der Waals surface area contributed by atoms with Crippen molar-refractivity contribution >= 4 is 28.9 Å². The van der Waals surface area contributed by atoms with E-state index in [1.165, 1.54) is 28.9 Å². The largest absolute Gasteiger partial charge is 0.465 e. The highest BCUT2D eigenvalue weighted by atomic mass is 19.4. The van der Waals surface area contributed by atoms with Gasteiger partial charge in [-0.1, -0.05) is 6.07 Å². The van der Waals surface area contributed by atoms with Crippen LogP contribution in [0.1, 0.15) is 5.69 Å². The maximum atomic E-state index is 13.0. The highest BCUT2D eigenvalue weighted by Crippen LogP contribution is 2.29. The third kappa shape index (κ3) is 3.97. The van der Waals surface area contributed by atoms with Gasteiger partial charge in [0.1, 0.15) is 22.7 Å². The molecule has 30 heavy (non-hydrogen) atoms. The number of nitrogens with zero attached hydrogens (tertiary/aromatic N) is 5. The number of hydrogen-bond donors (Lipinski definition) is 3. The molecule has 3 N–H and O–H groups in total. The Bertz CT molecular complexity index is 1240. The van der Waals surface area contributed by atoms with E-state index in [0.29, 0.717) is 11.2 Å². The van der Waals surface area contributed by atoms with Crippen LogP contribution in [0.15, 0.2) is 54.9 Å². The molecule has 12 heteroatoms. The lowest BCUT2D eigenvalue weighted by Gasteiger charge is -2.11. The molecule has 4 aromatic heterocycles. The summed E-state index contributed by atoms with van der Waals surface area (Å²) in [6.45, 7) is 0. The summed E-state index contributed by atoms with van der Waals surface area (Å²) in [6, 6.07) is 9.91. The normalized spacial score (nSPS) is 11.4. The van der Waals surface area contributed by atoms with Crippen LogP contribution in [-0.4, -0.2) is 35.8 Å². The van der Waals surface area contributed by atoms with Crippen molar-refractivity contribution in [3.05, 3.63) is 60.6 Å². The topological polar surface area (TPSA) is 117 Å². The first-order valence-corrected chi connectivity index (χ1v) is 8.43. The minimum absolute atomic E-state index is 0.0229. The van der Waals surface area contributed by atoms with Gasteiger partial charge >= 0.3 is 12.3 Å². The first-order valence-electron chi connectivity index (χ1n) is 8.43. The Morgan fingerprint density at radius 1 is 1.10 bits per heavy atom. The summed E-state index contributed by atoms with van der Waals surface area (Å²) in [5.74, 6) is 0.356. The predicted molar refractivity (Wildman–Crippen MR) is 100 cm³/mol. The second-order valence-corrected chi connectivity index (χ2v) is 6.01. The van der Waals surface area contributed by atoms with Crippen molar-refractivity contribution in [2.75, 3.05) is 10.6 Å². The van der Waals surface area contributed by atoms with Crippen LogP contribution in [0.4, 0.5) is 35.3 Å². The second-order valence-electron chi connectivity index (χ2n) is 6.01. The maximum Gasteiger partial charge on any atom is 0.433 e. The van der Waals surface area contributed by atoms with E-state index >= 15 is 0 Å². The molecule has 4 heterocycles. The summed E-state index contributed by atoms with van der Waals surface area (Å²) in [6.07, 6.45) is -2.87. The average Bonchev–Trinajstić information content (AvgIpc) is 3.16. The van der Waals surface area contributed by atoms with Gasteiger partial charge in [-0.05, 0) is 30.3 Å². The highest BCUT2D eigenvalue weighted by Gasteiger charge is 2.32. The fourth-order valence-corrected chi connectivity index (χ4v) is 2.68. The Morgan fingerprint density at radius 3 is 2.70 bits per heavy atom. The molecule has 4 aromatic rings. The number of rotatable bonds is 4. The number of alkyl halides is 3. The molecule has 9 nitrogen and oxygen atoms in total. The smallest absolute Gasteiger partial charge is 0.433 e. The lowest BCUT2D eigenvalue weighted by atomic mass is 10.3. The molecule has 0 unspecified atom stereocenters. The van der Waals surface area contributed by atoms with Gasteiger partial charge in [-0.25, -0.2) is 24.3 Å². The Balaban J connectivity index is 1.75.